The Hall–Kier alpha value is -2.26. The molecule has 2 amide bonds. The van der Waals surface area contributed by atoms with Gasteiger partial charge in [0, 0.05) is 57.4 Å². The third kappa shape index (κ3) is 5.56. The highest BCUT2D eigenvalue weighted by Gasteiger charge is 2.40. The van der Waals surface area contributed by atoms with Gasteiger partial charge in [0.25, 0.3) is 0 Å². The van der Waals surface area contributed by atoms with Crippen molar-refractivity contribution in [1.29, 1.82) is 0 Å². The van der Waals surface area contributed by atoms with Crippen molar-refractivity contribution in [3.63, 3.8) is 0 Å². The van der Waals surface area contributed by atoms with Crippen LogP contribution in [0.1, 0.15) is 44.7 Å². The third-order valence-corrected chi connectivity index (χ3v) is 6.57. The van der Waals surface area contributed by atoms with Crippen LogP contribution in [0.2, 0.25) is 0 Å². The monoisotopic (exact) mass is 444 g/mol. The van der Waals surface area contributed by atoms with E-state index in [9.17, 15) is 9.59 Å². The largest absolute Gasteiger partial charge is 0.378 e. The number of hydrogen-bond donors (Lipinski definition) is 1. The molecule has 9 nitrogen and oxygen atoms in total. The van der Waals surface area contributed by atoms with Gasteiger partial charge in [-0.25, -0.2) is 9.97 Å². The molecule has 0 radical (unpaired) electrons. The smallest absolute Gasteiger partial charge is 0.236 e. The zero-order chi connectivity index (χ0) is 22.5. The molecule has 1 N–H and O–H groups in total. The summed E-state index contributed by atoms with van der Waals surface area (Å²) in [5.41, 5.74) is 0.873. The fourth-order valence-corrected chi connectivity index (χ4v) is 4.89. The quantitative estimate of drug-likeness (QED) is 0.696. The molecule has 4 rings (SSSR count). The van der Waals surface area contributed by atoms with Crippen molar-refractivity contribution >= 4 is 17.8 Å². The molecule has 0 saturated carbocycles. The van der Waals surface area contributed by atoms with E-state index in [-0.39, 0.29) is 29.7 Å². The number of nitrogens with zero attached hydrogens (tertiary/aromatic N) is 5. The van der Waals surface area contributed by atoms with Gasteiger partial charge in [0.05, 0.1) is 31.4 Å². The number of carbonyl (C=O) groups excluding carboxylic acids is 2. The van der Waals surface area contributed by atoms with Crippen LogP contribution in [0.3, 0.4) is 0 Å². The van der Waals surface area contributed by atoms with Crippen LogP contribution in [-0.4, -0.2) is 96.7 Å². The summed E-state index contributed by atoms with van der Waals surface area (Å²) in [6, 6.07) is 1.99. The summed E-state index contributed by atoms with van der Waals surface area (Å²) >= 11 is 0. The second-order valence-corrected chi connectivity index (χ2v) is 9.39. The van der Waals surface area contributed by atoms with E-state index in [0.717, 1.165) is 44.7 Å². The molecule has 3 aliphatic rings. The molecule has 9 heteroatoms. The molecule has 0 bridgehead atoms. The van der Waals surface area contributed by atoms with Crippen LogP contribution in [0.25, 0.3) is 0 Å². The normalized spacial score (nSPS) is 24.7. The van der Waals surface area contributed by atoms with Gasteiger partial charge in [-0.2, -0.15) is 0 Å². The molecule has 3 aliphatic heterocycles. The van der Waals surface area contributed by atoms with E-state index >= 15 is 0 Å². The number of piperidine rings is 1. The standard InChI is InChI=1S/C23H36N6O3/c1-17(2)25-22(31)19-15-27(16-21(30)28-8-4-3-5-9-28)14-18(19)20-6-7-24-23(26-20)29-10-12-32-13-11-29/h6-7,17-19H,3-5,8-16H2,1-2H3,(H,25,31)/t18-,19-/m0/s1. The predicted octanol–water partition coefficient (Wildman–Crippen LogP) is 0.866. The summed E-state index contributed by atoms with van der Waals surface area (Å²) < 4.78 is 5.44. The maximum absolute atomic E-state index is 13.1. The second-order valence-electron chi connectivity index (χ2n) is 9.39. The molecular weight excluding hydrogens is 408 g/mol. The minimum atomic E-state index is -0.237. The Balaban J connectivity index is 1.50. The van der Waals surface area contributed by atoms with Gasteiger partial charge in [0.2, 0.25) is 17.8 Å². The fourth-order valence-electron chi connectivity index (χ4n) is 4.89. The topological polar surface area (TPSA) is 90.9 Å². The Morgan fingerprint density at radius 3 is 2.59 bits per heavy atom. The molecule has 0 unspecified atom stereocenters. The average Bonchev–Trinajstić information content (AvgIpc) is 3.24. The zero-order valence-electron chi connectivity index (χ0n) is 19.3. The van der Waals surface area contributed by atoms with Crippen molar-refractivity contribution < 1.29 is 14.3 Å². The Morgan fingerprint density at radius 1 is 1.12 bits per heavy atom. The van der Waals surface area contributed by atoms with Crippen LogP contribution in [-0.2, 0) is 14.3 Å². The van der Waals surface area contributed by atoms with Crippen LogP contribution < -0.4 is 10.2 Å². The van der Waals surface area contributed by atoms with Crippen LogP contribution in [0, 0.1) is 5.92 Å². The lowest BCUT2D eigenvalue weighted by Gasteiger charge is -2.28. The number of nitrogens with one attached hydrogen (secondary N) is 1. The molecular formula is C23H36N6O3. The summed E-state index contributed by atoms with van der Waals surface area (Å²) in [5.74, 6) is 0.593. The highest BCUT2D eigenvalue weighted by Crippen LogP contribution is 2.32. The second kappa shape index (κ2) is 10.6. The molecule has 3 fully saturated rings. The fraction of sp³-hybridized carbons (Fsp3) is 0.739. The first-order chi connectivity index (χ1) is 15.5. The SMILES string of the molecule is CC(C)NC(=O)[C@H]1CN(CC(=O)N2CCCCC2)C[C@@H]1c1ccnc(N2CCOCC2)n1. The number of likely N-dealkylation sites (tertiary alicyclic amines) is 2. The maximum Gasteiger partial charge on any atom is 0.236 e. The van der Waals surface area contributed by atoms with Gasteiger partial charge >= 0.3 is 0 Å². The minimum absolute atomic E-state index is 0.0319. The van der Waals surface area contributed by atoms with E-state index in [2.05, 4.69) is 20.1 Å². The average molecular weight is 445 g/mol. The van der Waals surface area contributed by atoms with Crippen LogP contribution in [0.15, 0.2) is 12.3 Å². The van der Waals surface area contributed by atoms with Gasteiger partial charge in [-0.15, -0.1) is 0 Å². The first-order valence-electron chi connectivity index (χ1n) is 12.0. The molecule has 0 spiro atoms. The zero-order valence-corrected chi connectivity index (χ0v) is 19.3. The van der Waals surface area contributed by atoms with E-state index < -0.39 is 0 Å². The van der Waals surface area contributed by atoms with Crippen molar-refractivity contribution in [2.75, 3.05) is 63.9 Å². The Labute approximate surface area is 190 Å². The summed E-state index contributed by atoms with van der Waals surface area (Å²) in [7, 11) is 0. The lowest BCUT2D eigenvalue weighted by atomic mass is 9.91. The number of amides is 2. The van der Waals surface area contributed by atoms with Crippen molar-refractivity contribution in [2.24, 2.45) is 5.92 Å². The Bertz CT molecular complexity index is 792. The van der Waals surface area contributed by atoms with E-state index in [0.29, 0.717) is 38.8 Å². The van der Waals surface area contributed by atoms with Gasteiger partial charge in [-0.05, 0) is 39.2 Å². The van der Waals surface area contributed by atoms with Crippen LogP contribution in [0.4, 0.5) is 5.95 Å². The molecule has 1 aromatic rings. The van der Waals surface area contributed by atoms with E-state index in [1.807, 2.05) is 24.8 Å². The minimum Gasteiger partial charge on any atom is -0.378 e. The molecule has 0 aliphatic carbocycles. The van der Waals surface area contributed by atoms with Crippen molar-refractivity contribution in [3.05, 3.63) is 18.0 Å². The highest BCUT2D eigenvalue weighted by atomic mass is 16.5. The highest BCUT2D eigenvalue weighted by molar-refractivity contribution is 5.81. The Morgan fingerprint density at radius 2 is 1.88 bits per heavy atom. The summed E-state index contributed by atoms with van der Waals surface area (Å²) in [6.45, 7) is 10.1. The first-order valence-corrected chi connectivity index (χ1v) is 12.0. The van der Waals surface area contributed by atoms with Crippen molar-refractivity contribution in [1.82, 2.24) is 25.1 Å². The summed E-state index contributed by atoms with van der Waals surface area (Å²) in [5, 5.41) is 3.07. The van der Waals surface area contributed by atoms with Crippen LogP contribution in [0.5, 0.6) is 0 Å². The van der Waals surface area contributed by atoms with E-state index in [4.69, 9.17) is 9.72 Å². The molecule has 4 heterocycles. The van der Waals surface area contributed by atoms with Crippen molar-refractivity contribution in [3.8, 4) is 0 Å². The number of morpholine rings is 1. The molecule has 0 aromatic carbocycles. The molecule has 1 aromatic heterocycles. The first kappa shape index (κ1) is 22.9. The van der Waals surface area contributed by atoms with Gasteiger partial charge < -0.3 is 19.9 Å². The van der Waals surface area contributed by atoms with Crippen molar-refractivity contribution in [2.45, 2.75) is 45.1 Å². The van der Waals surface area contributed by atoms with Gasteiger partial charge in [0.1, 0.15) is 0 Å². The van der Waals surface area contributed by atoms with E-state index in [1.165, 1.54) is 6.42 Å². The molecule has 3 saturated heterocycles. The molecule has 2 atom stereocenters. The maximum atomic E-state index is 13.1. The van der Waals surface area contributed by atoms with E-state index in [1.54, 1.807) is 6.20 Å². The number of carbonyl (C=O) groups is 2. The molecule has 32 heavy (non-hydrogen) atoms. The number of anilines is 1. The third-order valence-electron chi connectivity index (χ3n) is 6.57. The number of hydrogen-bond acceptors (Lipinski definition) is 7. The van der Waals surface area contributed by atoms with Gasteiger partial charge in [-0.3, -0.25) is 14.5 Å². The summed E-state index contributed by atoms with van der Waals surface area (Å²) in [6.07, 6.45) is 5.15. The lowest BCUT2D eigenvalue weighted by Crippen LogP contribution is -2.43. The van der Waals surface area contributed by atoms with Gasteiger partial charge in [0.15, 0.2) is 0 Å². The number of aromatic nitrogens is 2. The van der Waals surface area contributed by atoms with Crippen LogP contribution >= 0.6 is 0 Å². The Kier molecular flexibility index (Phi) is 7.57. The number of rotatable bonds is 6. The van der Waals surface area contributed by atoms with Gasteiger partial charge in [-0.1, -0.05) is 0 Å². The molecule has 176 valence electrons. The summed E-state index contributed by atoms with van der Waals surface area (Å²) in [4.78, 5) is 41.5. The predicted molar refractivity (Wildman–Crippen MR) is 121 cm³/mol. The number of ether oxygens (including phenoxy) is 1. The lowest BCUT2D eigenvalue weighted by molar-refractivity contribution is -0.133.